The van der Waals surface area contributed by atoms with Gasteiger partial charge in [-0.1, -0.05) is 18.2 Å². The van der Waals surface area contributed by atoms with Crippen molar-refractivity contribution in [1.29, 1.82) is 0 Å². The van der Waals surface area contributed by atoms with Crippen LogP contribution in [0.3, 0.4) is 0 Å². The molecule has 0 radical (unpaired) electrons. The number of aromatic nitrogens is 1. The average molecular weight is 456 g/mol. The van der Waals surface area contributed by atoms with Crippen LogP contribution in [0, 0.1) is 6.92 Å². The molecule has 0 atom stereocenters. The molecule has 0 aliphatic heterocycles. The first kappa shape index (κ1) is 22.6. The summed E-state index contributed by atoms with van der Waals surface area (Å²) in [5, 5.41) is 1.22. The zero-order valence-corrected chi connectivity index (χ0v) is 17.6. The lowest BCUT2D eigenvalue weighted by Crippen LogP contribution is -2.32. The van der Waals surface area contributed by atoms with Crippen LogP contribution >= 0.6 is 0 Å². The molecule has 0 saturated carbocycles. The largest absolute Gasteiger partial charge is 0.495 e. The number of rotatable bonds is 6. The Morgan fingerprint density at radius 2 is 1.87 bits per heavy atom. The van der Waals surface area contributed by atoms with E-state index < -0.39 is 22.2 Å². The highest BCUT2D eigenvalue weighted by Gasteiger charge is 2.42. The summed E-state index contributed by atoms with van der Waals surface area (Å²) in [5.41, 5.74) is 1.52. The van der Waals surface area contributed by atoms with Crippen LogP contribution in [0.5, 0.6) is 5.75 Å². The fourth-order valence-corrected chi connectivity index (χ4v) is 4.70. The summed E-state index contributed by atoms with van der Waals surface area (Å²) in [4.78, 5) is 15.3. The van der Waals surface area contributed by atoms with Crippen molar-refractivity contribution in [3.8, 4) is 5.75 Å². The van der Waals surface area contributed by atoms with Crippen LogP contribution in [0.2, 0.25) is 0 Å². The first-order valence-corrected chi connectivity index (χ1v) is 10.4. The Balaban J connectivity index is 1.99. The monoisotopic (exact) mass is 456 g/mol. The van der Waals surface area contributed by atoms with E-state index in [1.807, 2.05) is 0 Å². The molecule has 3 aromatic rings. The van der Waals surface area contributed by atoms with E-state index in [4.69, 9.17) is 4.74 Å². The van der Waals surface area contributed by atoms with Gasteiger partial charge in [0.2, 0.25) is 0 Å². The smallest absolute Gasteiger partial charge is 0.492 e. The lowest BCUT2D eigenvalue weighted by atomic mass is 10.1. The number of nitrogens with zero attached hydrogens (tertiary/aromatic N) is 2. The Morgan fingerprint density at radius 3 is 2.52 bits per heavy atom. The molecule has 7 nitrogen and oxygen atoms in total. The van der Waals surface area contributed by atoms with Gasteiger partial charge in [-0.3, -0.25) is 0 Å². The van der Waals surface area contributed by atoms with E-state index in [1.54, 1.807) is 37.3 Å². The molecule has 1 aromatic heterocycles. The number of aryl methyl sites for hydroxylation is 1. The number of carbonyl (C=O) groups excluding carboxylic acids is 1. The molecular formula is C20H19F3N2O5S. The minimum atomic E-state index is -5.12. The predicted molar refractivity (Wildman–Crippen MR) is 106 cm³/mol. The van der Waals surface area contributed by atoms with E-state index in [1.165, 1.54) is 32.5 Å². The minimum absolute atomic E-state index is 0.0193. The molecule has 0 amide bonds. The number of benzene rings is 2. The lowest BCUT2D eigenvalue weighted by molar-refractivity contribution is -0.235. The molecule has 0 aliphatic carbocycles. The summed E-state index contributed by atoms with van der Waals surface area (Å²) in [6, 6.07) is 11.0. The molecule has 0 N–H and O–H groups in total. The molecule has 0 unspecified atom stereocenters. The van der Waals surface area contributed by atoms with Crippen molar-refractivity contribution in [2.45, 2.75) is 24.5 Å². The summed E-state index contributed by atoms with van der Waals surface area (Å²) in [6.07, 6.45) is -3.77. The number of alkyl halides is 3. The molecule has 11 heteroatoms. The number of hydroxylamine groups is 2. The number of hydrogen-bond donors (Lipinski definition) is 0. The zero-order valence-electron chi connectivity index (χ0n) is 16.8. The Labute approximate surface area is 176 Å². The third kappa shape index (κ3) is 4.52. The van der Waals surface area contributed by atoms with Gasteiger partial charge in [0.15, 0.2) is 0 Å². The average Bonchev–Trinajstić information content (AvgIpc) is 3.13. The van der Waals surface area contributed by atoms with Crippen LogP contribution < -0.4 is 4.74 Å². The molecule has 0 aliphatic rings. The number of carbonyl (C=O) groups is 1. The van der Waals surface area contributed by atoms with Crippen molar-refractivity contribution in [2.75, 3.05) is 14.2 Å². The maximum atomic E-state index is 13.3. The van der Waals surface area contributed by atoms with Crippen molar-refractivity contribution < 1.29 is 36.0 Å². The normalized spacial score (nSPS) is 12.4. The van der Waals surface area contributed by atoms with Crippen LogP contribution in [-0.4, -0.2) is 43.8 Å². The van der Waals surface area contributed by atoms with Crippen LogP contribution in [0.15, 0.2) is 53.6 Å². The molecular weight excluding hydrogens is 437 g/mol. The fraction of sp³-hybridized carbons (Fsp3) is 0.250. The first-order chi connectivity index (χ1) is 14.4. The second-order valence-electron chi connectivity index (χ2n) is 6.78. The van der Waals surface area contributed by atoms with E-state index in [2.05, 4.69) is 4.84 Å². The predicted octanol–water partition coefficient (Wildman–Crippen LogP) is 3.65. The molecule has 0 bridgehead atoms. The topological polar surface area (TPSA) is 77.8 Å². The van der Waals surface area contributed by atoms with Crippen LogP contribution in [0.25, 0.3) is 10.9 Å². The Morgan fingerprint density at radius 1 is 1.16 bits per heavy atom. The highest BCUT2D eigenvalue weighted by molar-refractivity contribution is 7.90. The summed E-state index contributed by atoms with van der Waals surface area (Å²) in [7, 11) is -1.48. The standard InChI is InChI=1S/C20H19F3N2O5S/c1-13-7-8-17(29-3)18(11-13)31(27,28)25-10-9-15-14(5-4-6-16(15)25)12-24(2)30-19(26)20(21,22)23/h4-11H,12H2,1-3H3. The van der Waals surface area contributed by atoms with Gasteiger partial charge in [0.25, 0.3) is 10.0 Å². The molecule has 0 fully saturated rings. The summed E-state index contributed by atoms with van der Waals surface area (Å²) < 4.78 is 70.1. The van der Waals surface area contributed by atoms with Crippen LogP contribution in [-0.2, 0) is 26.2 Å². The van der Waals surface area contributed by atoms with Crippen LogP contribution in [0.1, 0.15) is 11.1 Å². The second kappa shape index (κ2) is 8.23. The van der Waals surface area contributed by atoms with Gasteiger partial charge in [-0.15, -0.1) is 5.06 Å². The van der Waals surface area contributed by atoms with Gasteiger partial charge in [-0.2, -0.15) is 13.2 Å². The Hall–Kier alpha value is -3.05. The molecule has 0 spiro atoms. The van der Waals surface area contributed by atoms with E-state index in [9.17, 15) is 26.4 Å². The quantitative estimate of drug-likeness (QED) is 0.527. The molecule has 166 valence electrons. The maximum Gasteiger partial charge on any atom is 0.492 e. The van der Waals surface area contributed by atoms with Gasteiger partial charge in [0.1, 0.15) is 10.6 Å². The van der Waals surface area contributed by atoms with Crippen LogP contribution in [0.4, 0.5) is 13.2 Å². The summed E-state index contributed by atoms with van der Waals surface area (Å²) in [6.45, 7) is 1.57. The molecule has 0 saturated heterocycles. The van der Waals surface area contributed by atoms with E-state index >= 15 is 0 Å². The van der Waals surface area contributed by atoms with Gasteiger partial charge in [0, 0.05) is 18.6 Å². The molecule has 2 aromatic carbocycles. The maximum absolute atomic E-state index is 13.3. The van der Waals surface area contributed by atoms with Gasteiger partial charge in [-0.05, 0) is 42.3 Å². The van der Waals surface area contributed by atoms with Crippen molar-refractivity contribution in [1.82, 2.24) is 9.04 Å². The van der Waals surface area contributed by atoms with E-state index in [0.29, 0.717) is 16.5 Å². The Bertz CT molecular complexity index is 1240. The van der Waals surface area contributed by atoms with Gasteiger partial charge >= 0.3 is 12.1 Å². The van der Waals surface area contributed by atoms with E-state index in [-0.39, 0.29) is 17.2 Å². The van der Waals surface area contributed by atoms with Crippen molar-refractivity contribution in [3.05, 3.63) is 59.8 Å². The molecule has 31 heavy (non-hydrogen) atoms. The number of methoxy groups -OCH3 is 1. The van der Waals surface area contributed by atoms with Crippen molar-refractivity contribution in [2.24, 2.45) is 0 Å². The Kier molecular flexibility index (Phi) is 6.01. The third-order valence-electron chi connectivity index (χ3n) is 4.51. The van der Waals surface area contributed by atoms with Gasteiger partial charge in [-0.25, -0.2) is 17.2 Å². The first-order valence-electron chi connectivity index (χ1n) is 8.94. The minimum Gasteiger partial charge on any atom is -0.495 e. The summed E-state index contributed by atoms with van der Waals surface area (Å²) in [5.74, 6) is -2.16. The zero-order chi connectivity index (χ0) is 23.0. The number of fused-ring (bicyclic) bond motifs is 1. The van der Waals surface area contributed by atoms with Crippen molar-refractivity contribution >= 4 is 26.9 Å². The second-order valence-corrected chi connectivity index (χ2v) is 8.57. The highest BCUT2D eigenvalue weighted by atomic mass is 32.2. The lowest BCUT2D eigenvalue weighted by Gasteiger charge is -2.17. The number of halogens is 3. The SMILES string of the molecule is COc1ccc(C)cc1S(=O)(=O)n1ccc2c(CN(C)OC(=O)C(F)(F)F)cccc21. The third-order valence-corrected chi connectivity index (χ3v) is 6.22. The van der Waals surface area contributed by atoms with Crippen molar-refractivity contribution in [3.63, 3.8) is 0 Å². The van der Waals surface area contributed by atoms with Gasteiger partial charge in [0.05, 0.1) is 19.2 Å². The molecule has 1 heterocycles. The fourth-order valence-electron chi connectivity index (χ4n) is 3.11. The van der Waals surface area contributed by atoms with Gasteiger partial charge < -0.3 is 9.57 Å². The van der Waals surface area contributed by atoms with E-state index in [0.717, 1.165) is 14.6 Å². The summed E-state index contributed by atoms with van der Waals surface area (Å²) >= 11 is 0. The number of hydrogen-bond acceptors (Lipinski definition) is 6. The number of ether oxygens (including phenoxy) is 1. The highest BCUT2D eigenvalue weighted by Crippen LogP contribution is 2.31. The molecule has 3 rings (SSSR count).